The lowest BCUT2D eigenvalue weighted by Gasteiger charge is -2.09. The molecule has 1 heterocycles. The lowest BCUT2D eigenvalue weighted by atomic mass is 10.2. The van der Waals surface area contributed by atoms with Crippen molar-refractivity contribution in [3.63, 3.8) is 0 Å². The van der Waals surface area contributed by atoms with Crippen LogP contribution in [0.25, 0.3) is 0 Å². The minimum Gasteiger partial charge on any atom is -0.462 e. The minimum atomic E-state index is -2.73. The number of nitrogens with zero attached hydrogens (tertiary/aromatic N) is 1. The number of halogens is 4. The predicted octanol–water partition coefficient (Wildman–Crippen LogP) is 3.72. The molecule has 88 valence electrons. The molecule has 0 saturated heterocycles. The number of carbonyl (C=O) groups excluding carboxylic acids is 1. The molecule has 0 unspecified atom stereocenters. The first-order chi connectivity index (χ1) is 7.49. The monoisotopic (exact) mass is 357 g/mol. The molecule has 0 aliphatic carbocycles. The maximum absolute atomic E-state index is 12.7. The van der Waals surface area contributed by atoms with Crippen molar-refractivity contribution in [2.24, 2.45) is 0 Å². The first kappa shape index (κ1) is 13.5. The molecule has 0 N–H and O–H groups in total. The molecule has 0 atom stereocenters. The van der Waals surface area contributed by atoms with Crippen molar-refractivity contribution in [2.75, 3.05) is 6.61 Å². The minimum absolute atomic E-state index is 0.00224. The van der Waals surface area contributed by atoms with Crippen LogP contribution in [-0.2, 0) is 4.74 Å². The number of pyridine rings is 1. The van der Waals surface area contributed by atoms with Gasteiger partial charge in [-0.3, -0.25) is 0 Å². The average molecular weight is 359 g/mol. The molecule has 0 aromatic carbocycles. The van der Waals surface area contributed by atoms with Crippen LogP contribution in [0.4, 0.5) is 8.78 Å². The smallest absolute Gasteiger partial charge is 0.340 e. The molecule has 0 amide bonds. The van der Waals surface area contributed by atoms with E-state index in [1.54, 1.807) is 6.92 Å². The van der Waals surface area contributed by atoms with Gasteiger partial charge in [-0.1, -0.05) is 0 Å². The van der Waals surface area contributed by atoms with E-state index in [-0.39, 0.29) is 26.8 Å². The highest BCUT2D eigenvalue weighted by molar-refractivity contribution is 9.11. The average Bonchev–Trinajstić information content (AvgIpc) is 2.17. The molecule has 16 heavy (non-hydrogen) atoms. The van der Waals surface area contributed by atoms with Gasteiger partial charge in [0.2, 0.25) is 0 Å². The lowest BCUT2D eigenvalue weighted by Crippen LogP contribution is -2.08. The summed E-state index contributed by atoms with van der Waals surface area (Å²) in [7, 11) is 0. The predicted molar refractivity (Wildman–Crippen MR) is 60.6 cm³/mol. The van der Waals surface area contributed by atoms with E-state index in [0.717, 1.165) is 0 Å². The molecular formula is C9H7Br2F2NO2. The van der Waals surface area contributed by atoms with Gasteiger partial charge in [0.05, 0.1) is 17.7 Å². The number of ether oxygens (including phenoxy) is 1. The van der Waals surface area contributed by atoms with Crippen LogP contribution < -0.4 is 0 Å². The Balaban J connectivity index is 3.23. The zero-order chi connectivity index (χ0) is 12.3. The van der Waals surface area contributed by atoms with Crippen molar-refractivity contribution in [2.45, 2.75) is 13.3 Å². The summed E-state index contributed by atoms with van der Waals surface area (Å²) in [4.78, 5) is 15.1. The zero-order valence-corrected chi connectivity index (χ0v) is 11.3. The van der Waals surface area contributed by atoms with E-state index >= 15 is 0 Å². The lowest BCUT2D eigenvalue weighted by molar-refractivity contribution is 0.0524. The number of hydrogen-bond acceptors (Lipinski definition) is 3. The highest BCUT2D eigenvalue weighted by Gasteiger charge is 2.23. The Kier molecular flexibility index (Phi) is 4.79. The fourth-order valence-corrected chi connectivity index (χ4v) is 2.38. The maximum atomic E-state index is 12.7. The fourth-order valence-electron chi connectivity index (χ4n) is 1.02. The molecule has 1 aromatic heterocycles. The van der Waals surface area contributed by atoms with Crippen LogP contribution in [0.1, 0.15) is 29.3 Å². The Morgan fingerprint density at radius 3 is 2.69 bits per heavy atom. The molecule has 0 saturated carbocycles. The van der Waals surface area contributed by atoms with Gasteiger partial charge in [0.25, 0.3) is 6.43 Å². The van der Waals surface area contributed by atoms with E-state index in [1.807, 2.05) is 0 Å². The molecule has 0 radical (unpaired) electrons. The van der Waals surface area contributed by atoms with Gasteiger partial charge in [0, 0.05) is 10.7 Å². The highest BCUT2D eigenvalue weighted by atomic mass is 79.9. The van der Waals surface area contributed by atoms with Crippen molar-refractivity contribution in [3.05, 3.63) is 26.4 Å². The Labute approximate surface area is 107 Å². The van der Waals surface area contributed by atoms with E-state index in [0.29, 0.717) is 0 Å². The van der Waals surface area contributed by atoms with Crippen molar-refractivity contribution in [1.82, 2.24) is 4.98 Å². The van der Waals surface area contributed by atoms with E-state index in [4.69, 9.17) is 4.74 Å². The quantitative estimate of drug-likeness (QED) is 0.610. The summed E-state index contributed by atoms with van der Waals surface area (Å²) in [6.45, 7) is 1.80. The Morgan fingerprint density at radius 1 is 1.56 bits per heavy atom. The fraction of sp³-hybridized carbons (Fsp3) is 0.333. The summed E-state index contributed by atoms with van der Waals surface area (Å²) in [6.07, 6.45) is -1.55. The van der Waals surface area contributed by atoms with E-state index < -0.39 is 12.4 Å². The van der Waals surface area contributed by atoms with Gasteiger partial charge in [-0.2, -0.15) is 0 Å². The van der Waals surface area contributed by atoms with Crippen molar-refractivity contribution >= 4 is 37.8 Å². The molecule has 1 rings (SSSR count). The topological polar surface area (TPSA) is 39.2 Å². The summed E-state index contributed by atoms with van der Waals surface area (Å²) < 4.78 is 30.1. The number of esters is 1. The summed E-state index contributed by atoms with van der Waals surface area (Å²) in [6, 6.07) is 0. The number of hydrogen-bond donors (Lipinski definition) is 0. The van der Waals surface area contributed by atoms with Crippen LogP contribution in [-0.4, -0.2) is 17.6 Å². The molecule has 0 aliphatic rings. The van der Waals surface area contributed by atoms with Gasteiger partial charge in [-0.25, -0.2) is 18.6 Å². The van der Waals surface area contributed by atoms with Crippen molar-refractivity contribution < 1.29 is 18.3 Å². The second kappa shape index (κ2) is 5.67. The summed E-state index contributed by atoms with van der Waals surface area (Å²) in [5, 5.41) is 0. The second-order valence-corrected chi connectivity index (χ2v) is 4.26. The molecule has 0 fully saturated rings. The Bertz CT molecular complexity index is 413. The molecular weight excluding hydrogens is 352 g/mol. The van der Waals surface area contributed by atoms with Crippen LogP contribution >= 0.6 is 31.9 Å². The van der Waals surface area contributed by atoms with Crippen LogP contribution in [0.15, 0.2) is 15.3 Å². The molecule has 0 aliphatic heterocycles. The SMILES string of the molecule is CCOC(=O)c1cnc(Br)c(C(F)F)c1Br. The third kappa shape index (κ3) is 2.76. The number of rotatable bonds is 3. The summed E-state index contributed by atoms with van der Waals surface area (Å²) in [5.74, 6) is -0.684. The molecule has 0 bridgehead atoms. The molecule has 1 aromatic rings. The normalized spacial score (nSPS) is 10.6. The third-order valence-electron chi connectivity index (χ3n) is 1.72. The Hall–Kier alpha value is -0.560. The van der Waals surface area contributed by atoms with Gasteiger partial charge in [0.15, 0.2) is 0 Å². The van der Waals surface area contributed by atoms with E-state index in [2.05, 4.69) is 36.8 Å². The number of aromatic nitrogens is 1. The van der Waals surface area contributed by atoms with Crippen LogP contribution in [0.2, 0.25) is 0 Å². The van der Waals surface area contributed by atoms with Crippen molar-refractivity contribution in [1.29, 1.82) is 0 Å². The maximum Gasteiger partial charge on any atom is 0.340 e. The van der Waals surface area contributed by atoms with Gasteiger partial charge in [-0.05, 0) is 38.8 Å². The second-order valence-electron chi connectivity index (χ2n) is 2.71. The highest BCUT2D eigenvalue weighted by Crippen LogP contribution is 2.34. The zero-order valence-electron chi connectivity index (χ0n) is 8.14. The van der Waals surface area contributed by atoms with Crippen molar-refractivity contribution in [3.8, 4) is 0 Å². The van der Waals surface area contributed by atoms with Gasteiger partial charge in [-0.15, -0.1) is 0 Å². The van der Waals surface area contributed by atoms with E-state index in [1.165, 1.54) is 6.20 Å². The standard InChI is InChI=1S/C9H7Br2F2NO2/c1-2-16-9(15)4-3-14-7(11)5(6(4)10)8(12)13/h3,8H,2H2,1H3. The van der Waals surface area contributed by atoms with Gasteiger partial charge >= 0.3 is 5.97 Å². The molecule has 3 nitrogen and oxygen atoms in total. The first-order valence-corrected chi connectivity index (χ1v) is 5.86. The molecule has 7 heteroatoms. The largest absolute Gasteiger partial charge is 0.462 e. The van der Waals surface area contributed by atoms with Crippen LogP contribution in [0.3, 0.4) is 0 Å². The first-order valence-electron chi connectivity index (χ1n) is 4.28. The van der Waals surface area contributed by atoms with Gasteiger partial charge < -0.3 is 4.74 Å². The van der Waals surface area contributed by atoms with Gasteiger partial charge in [0.1, 0.15) is 4.60 Å². The Morgan fingerprint density at radius 2 is 2.19 bits per heavy atom. The summed E-state index contributed by atoms with van der Waals surface area (Å²) in [5.41, 5.74) is -0.370. The molecule has 0 spiro atoms. The number of alkyl halides is 2. The van der Waals surface area contributed by atoms with Crippen LogP contribution in [0, 0.1) is 0 Å². The number of carbonyl (C=O) groups is 1. The van der Waals surface area contributed by atoms with Crippen LogP contribution in [0.5, 0.6) is 0 Å². The third-order valence-corrected chi connectivity index (χ3v) is 3.20. The summed E-state index contributed by atoms with van der Waals surface area (Å²) >= 11 is 5.85. The van der Waals surface area contributed by atoms with E-state index in [9.17, 15) is 13.6 Å².